The van der Waals surface area contributed by atoms with Crippen molar-refractivity contribution in [1.82, 2.24) is 9.80 Å². The number of nitrogens with one attached hydrogen (secondary N) is 1. The first kappa shape index (κ1) is 14.0. The van der Waals surface area contributed by atoms with Crippen LogP contribution in [0, 0.1) is 0 Å². The molecule has 0 aliphatic carbocycles. The Morgan fingerprint density at radius 3 is 2.71 bits per heavy atom. The smallest absolute Gasteiger partial charge is 0.254 e. The lowest BCUT2D eigenvalue weighted by Crippen LogP contribution is -2.49. The van der Waals surface area contributed by atoms with Crippen LogP contribution in [0.25, 0.3) is 0 Å². The van der Waals surface area contributed by atoms with Crippen molar-refractivity contribution in [2.45, 2.75) is 6.42 Å². The average molecular weight is 289 g/mol. The fourth-order valence-electron chi connectivity index (χ4n) is 2.85. The molecule has 0 unspecified atom stereocenters. The van der Waals surface area contributed by atoms with E-state index in [4.69, 9.17) is 5.11 Å². The standard InChI is InChI=1S/C15H19N3O3/c19-8-7-17-3-5-18(6-4-17)15(21)12-2-1-11-10-14(20)16-13(11)9-12/h1-2,9,19H,3-8,10H2,(H,16,20). The number of aliphatic hydroxyl groups is 1. The Bertz CT molecular complexity index is 565. The van der Waals surface area contributed by atoms with Gasteiger partial charge in [0.25, 0.3) is 5.91 Å². The van der Waals surface area contributed by atoms with E-state index in [0.29, 0.717) is 31.6 Å². The number of carbonyl (C=O) groups is 2. The highest BCUT2D eigenvalue weighted by molar-refractivity contribution is 6.02. The van der Waals surface area contributed by atoms with Crippen molar-refractivity contribution in [3.05, 3.63) is 29.3 Å². The summed E-state index contributed by atoms with van der Waals surface area (Å²) in [6.45, 7) is 3.72. The molecule has 1 saturated heterocycles. The summed E-state index contributed by atoms with van der Waals surface area (Å²) in [5.74, 6) is -0.0187. The first-order valence-electron chi connectivity index (χ1n) is 7.22. The minimum Gasteiger partial charge on any atom is -0.395 e. The number of amides is 2. The van der Waals surface area contributed by atoms with Gasteiger partial charge in [-0.2, -0.15) is 0 Å². The minimum absolute atomic E-state index is 0.00241. The maximum Gasteiger partial charge on any atom is 0.254 e. The molecule has 2 aliphatic rings. The van der Waals surface area contributed by atoms with Crippen molar-refractivity contribution < 1.29 is 14.7 Å². The summed E-state index contributed by atoms with van der Waals surface area (Å²) in [5.41, 5.74) is 2.32. The summed E-state index contributed by atoms with van der Waals surface area (Å²) in [7, 11) is 0. The number of benzene rings is 1. The van der Waals surface area contributed by atoms with Crippen LogP contribution in [0.15, 0.2) is 18.2 Å². The van der Waals surface area contributed by atoms with Gasteiger partial charge in [0.1, 0.15) is 0 Å². The van der Waals surface area contributed by atoms with Crippen molar-refractivity contribution >= 4 is 17.5 Å². The first-order valence-corrected chi connectivity index (χ1v) is 7.22. The van der Waals surface area contributed by atoms with Crippen LogP contribution in [0.5, 0.6) is 0 Å². The lowest BCUT2D eigenvalue weighted by molar-refractivity contribution is -0.115. The molecule has 112 valence electrons. The zero-order chi connectivity index (χ0) is 14.8. The molecular weight excluding hydrogens is 270 g/mol. The number of piperazine rings is 1. The molecule has 21 heavy (non-hydrogen) atoms. The summed E-state index contributed by atoms with van der Waals surface area (Å²) in [6.07, 6.45) is 0.392. The van der Waals surface area contributed by atoms with Gasteiger partial charge in [-0.25, -0.2) is 0 Å². The lowest BCUT2D eigenvalue weighted by Gasteiger charge is -2.34. The normalized spacial score (nSPS) is 18.5. The highest BCUT2D eigenvalue weighted by Gasteiger charge is 2.24. The number of rotatable bonds is 3. The molecule has 0 atom stereocenters. The Morgan fingerprint density at radius 2 is 2.00 bits per heavy atom. The molecule has 0 bridgehead atoms. The number of aliphatic hydroxyl groups excluding tert-OH is 1. The average Bonchev–Trinajstić information content (AvgIpc) is 2.86. The molecule has 2 aliphatic heterocycles. The van der Waals surface area contributed by atoms with Crippen molar-refractivity contribution in [2.75, 3.05) is 44.6 Å². The molecule has 0 radical (unpaired) electrons. The fraction of sp³-hybridized carbons (Fsp3) is 0.467. The summed E-state index contributed by atoms with van der Waals surface area (Å²) in [5, 5.41) is 11.7. The number of anilines is 1. The van der Waals surface area contributed by atoms with Crippen LogP contribution < -0.4 is 5.32 Å². The van der Waals surface area contributed by atoms with Crippen LogP contribution in [0.1, 0.15) is 15.9 Å². The number of β-amino-alcohol motifs (C(OH)–C–C–N with tert-alkyl or cyclic N) is 1. The van der Waals surface area contributed by atoms with E-state index in [1.54, 1.807) is 12.1 Å². The zero-order valence-electron chi connectivity index (χ0n) is 11.8. The van der Waals surface area contributed by atoms with Crippen LogP contribution in [0.4, 0.5) is 5.69 Å². The van der Waals surface area contributed by atoms with Crippen LogP contribution in [-0.2, 0) is 11.2 Å². The molecule has 6 nitrogen and oxygen atoms in total. The largest absolute Gasteiger partial charge is 0.395 e. The topological polar surface area (TPSA) is 72.9 Å². The Balaban J connectivity index is 1.67. The van der Waals surface area contributed by atoms with Gasteiger partial charge in [0.05, 0.1) is 13.0 Å². The Labute approximate surface area is 123 Å². The van der Waals surface area contributed by atoms with Gasteiger partial charge < -0.3 is 15.3 Å². The Hall–Kier alpha value is -1.92. The van der Waals surface area contributed by atoms with E-state index < -0.39 is 0 Å². The number of fused-ring (bicyclic) bond motifs is 1. The molecule has 1 aromatic carbocycles. The molecule has 2 heterocycles. The van der Waals surface area contributed by atoms with Crippen LogP contribution in [-0.4, -0.2) is 66.1 Å². The predicted octanol–water partition coefficient (Wildman–Crippen LogP) is -0.0687. The number of carbonyl (C=O) groups excluding carboxylic acids is 2. The van der Waals surface area contributed by atoms with Crippen molar-refractivity contribution in [2.24, 2.45) is 0 Å². The molecule has 2 N–H and O–H groups in total. The van der Waals surface area contributed by atoms with Crippen LogP contribution in [0.2, 0.25) is 0 Å². The second kappa shape index (κ2) is 5.83. The highest BCUT2D eigenvalue weighted by Crippen LogP contribution is 2.24. The molecule has 0 spiro atoms. The third-order valence-electron chi connectivity index (χ3n) is 4.06. The van der Waals surface area contributed by atoms with Gasteiger partial charge in [-0.05, 0) is 17.7 Å². The van der Waals surface area contributed by atoms with Crippen molar-refractivity contribution in [3.63, 3.8) is 0 Å². The number of hydrogen-bond donors (Lipinski definition) is 2. The first-order chi connectivity index (χ1) is 10.2. The van der Waals surface area contributed by atoms with E-state index in [2.05, 4.69) is 10.2 Å². The molecule has 0 aromatic heterocycles. The monoisotopic (exact) mass is 289 g/mol. The maximum atomic E-state index is 12.5. The quantitative estimate of drug-likeness (QED) is 0.817. The molecule has 3 rings (SSSR count). The van der Waals surface area contributed by atoms with Crippen molar-refractivity contribution in [1.29, 1.82) is 0 Å². The Kier molecular flexibility index (Phi) is 3.90. The maximum absolute atomic E-state index is 12.5. The second-order valence-electron chi connectivity index (χ2n) is 5.45. The highest BCUT2D eigenvalue weighted by atomic mass is 16.3. The Morgan fingerprint density at radius 1 is 1.24 bits per heavy atom. The van der Waals surface area contributed by atoms with E-state index in [9.17, 15) is 9.59 Å². The summed E-state index contributed by atoms with van der Waals surface area (Å²) < 4.78 is 0. The lowest BCUT2D eigenvalue weighted by atomic mass is 10.1. The van der Waals surface area contributed by atoms with E-state index in [0.717, 1.165) is 24.3 Å². The molecule has 1 fully saturated rings. The van der Waals surface area contributed by atoms with Gasteiger partial charge in [0, 0.05) is 44.0 Å². The van der Waals surface area contributed by atoms with E-state index in [1.807, 2.05) is 11.0 Å². The summed E-state index contributed by atoms with van der Waals surface area (Å²) in [6, 6.07) is 5.41. The molecule has 1 aromatic rings. The van der Waals surface area contributed by atoms with Gasteiger partial charge in [0.15, 0.2) is 0 Å². The van der Waals surface area contributed by atoms with Crippen molar-refractivity contribution in [3.8, 4) is 0 Å². The summed E-state index contributed by atoms with van der Waals surface area (Å²) >= 11 is 0. The third-order valence-corrected chi connectivity index (χ3v) is 4.06. The van der Waals surface area contributed by atoms with Gasteiger partial charge in [-0.3, -0.25) is 14.5 Å². The summed E-state index contributed by atoms with van der Waals surface area (Å²) in [4.78, 5) is 27.8. The molecule has 2 amide bonds. The molecule has 0 saturated carbocycles. The van der Waals surface area contributed by atoms with Gasteiger partial charge in [-0.1, -0.05) is 6.07 Å². The van der Waals surface area contributed by atoms with E-state index in [-0.39, 0.29) is 18.4 Å². The number of hydrogen-bond acceptors (Lipinski definition) is 4. The van der Waals surface area contributed by atoms with Crippen LogP contribution >= 0.6 is 0 Å². The number of nitrogens with zero attached hydrogens (tertiary/aromatic N) is 2. The van der Waals surface area contributed by atoms with Gasteiger partial charge in [0.2, 0.25) is 5.91 Å². The molecule has 6 heteroatoms. The van der Waals surface area contributed by atoms with Gasteiger partial charge >= 0.3 is 0 Å². The van der Waals surface area contributed by atoms with E-state index in [1.165, 1.54) is 0 Å². The minimum atomic E-state index is -0.0211. The van der Waals surface area contributed by atoms with Crippen LogP contribution in [0.3, 0.4) is 0 Å². The zero-order valence-corrected chi connectivity index (χ0v) is 11.8. The van der Waals surface area contributed by atoms with Gasteiger partial charge in [-0.15, -0.1) is 0 Å². The van der Waals surface area contributed by atoms with E-state index >= 15 is 0 Å². The predicted molar refractivity (Wildman–Crippen MR) is 78.2 cm³/mol. The third kappa shape index (κ3) is 2.91. The second-order valence-corrected chi connectivity index (χ2v) is 5.45. The fourth-order valence-corrected chi connectivity index (χ4v) is 2.85. The SMILES string of the molecule is O=C1Cc2ccc(C(=O)N3CCN(CCO)CC3)cc2N1. The molecular formula is C15H19N3O3.